The van der Waals surface area contributed by atoms with Crippen molar-refractivity contribution in [3.05, 3.63) is 53.5 Å². The first-order valence-electron chi connectivity index (χ1n) is 5.64. The van der Waals surface area contributed by atoms with Gasteiger partial charge in [-0.05, 0) is 25.1 Å². The molecule has 0 radical (unpaired) electrons. The highest BCUT2D eigenvalue weighted by Gasteiger charge is 2.14. The maximum atomic E-state index is 11.2. The number of hydrogen-bond donors (Lipinski definition) is 1. The van der Waals surface area contributed by atoms with E-state index in [1.807, 2.05) is 37.1 Å². The second-order valence-electron chi connectivity index (χ2n) is 4.31. The minimum Gasteiger partial charge on any atom is -0.478 e. The summed E-state index contributed by atoms with van der Waals surface area (Å²) in [6.45, 7) is 2.49. The molecule has 0 atom stereocenters. The lowest BCUT2D eigenvalue weighted by molar-refractivity contribution is 0.0697. The Hall–Kier alpha value is -2.23. The van der Waals surface area contributed by atoms with Gasteiger partial charge >= 0.3 is 5.97 Å². The van der Waals surface area contributed by atoms with Gasteiger partial charge in [0, 0.05) is 19.2 Å². The quantitative estimate of drug-likeness (QED) is 0.899. The van der Waals surface area contributed by atoms with Crippen LogP contribution in [-0.4, -0.2) is 18.1 Å². The van der Waals surface area contributed by atoms with Gasteiger partial charge in [-0.3, -0.25) is 0 Å². The summed E-state index contributed by atoms with van der Waals surface area (Å²) in [5.74, 6) is -0.909. The molecule has 1 aromatic carbocycles. The number of aryl methyl sites for hydroxylation is 1. The SMILES string of the molecule is Cc1ccc(N(C)Cc2ccoc2)c(C(=O)O)c1. The Morgan fingerprint density at radius 3 is 2.78 bits per heavy atom. The zero-order valence-electron chi connectivity index (χ0n) is 10.4. The lowest BCUT2D eigenvalue weighted by Gasteiger charge is -2.20. The largest absolute Gasteiger partial charge is 0.478 e. The summed E-state index contributed by atoms with van der Waals surface area (Å²) >= 11 is 0. The molecule has 0 unspecified atom stereocenters. The first-order chi connectivity index (χ1) is 8.58. The number of nitrogens with zero attached hydrogens (tertiary/aromatic N) is 1. The summed E-state index contributed by atoms with van der Waals surface area (Å²) in [6.07, 6.45) is 3.27. The number of aromatic carboxylic acids is 1. The molecule has 1 aromatic heterocycles. The van der Waals surface area contributed by atoms with Crippen molar-refractivity contribution in [2.75, 3.05) is 11.9 Å². The summed E-state index contributed by atoms with van der Waals surface area (Å²) in [4.78, 5) is 13.1. The van der Waals surface area contributed by atoms with E-state index in [1.54, 1.807) is 18.6 Å². The highest BCUT2D eigenvalue weighted by atomic mass is 16.4. The molecule has 0 aliphatic carbocycles. The molecular weight excluding hydrogens is 230 g/mol. The van der Waals surface area contributed by atoms with Gasteiger partial charge in [-0.1, -0.05) is 11.6 Å². The normalized spacial score (nSPS) is 10.3. The van der Waals surface area contributed by atoms with Crippen LogP contribution in [0.2, 0.25) is 0 Å². The Kier molecular flexibility index (Phi) is 3.37. The monoisotopic (exact) mass is 245 g/mol. The van der Waals surface area contributed by atoms with Gasteiger partial charge in [0.15, 0.2) is 0 Å². The topological polar surface area (TPSA) is 53.7 Å². The summed E-state index contributed by atoms with van der Waals surface area (Å²) in [7, 11) is 1.87. The number of furan rings is 1. The predicted octanol–water partition coefficient (Wildman–Crippen LogP) is 2.92. The van der Waals surface area contributed by atoms with Gasteiger partial charge in [0.05, 0.1) is 23.8 Å². The van der Waals surface area contributed by atoms with Crippen LogP contribution in [0.5, 0.6) is 0 Å². The third kappa shape index (κ3) is 2.53. The fourth-order valence-electron chi connectivity index (χ4n) is 1.90. The molecule has 2 rings (SSSR count). The van der Waals surface area contributed by atoms with Crippen molar-refractivity contribution in [2.45, 2.75) is 13.5 Å². The molecule has 18 heavy (non-hydrogen) atoms. The molecular formula is C14H15NO3. The average molecular weight is 245 g/mol. The molecule has 0 amide bonds. The van der Waals surface area contributed by atoms with E-state index < -0.39 is 5.97 Å². The van der Waals surface area contributed by atoms with Gasteiger partial charge in [0.2, 0.25) is 0 Å². The molecule has 1 N–H and O–H groups in total. The number of carboxylic acids is 1. The molecule has 0 saturated heterocycles. The maximum Gasteiger partial charge on any atom is 0.337 e. The van der Waals surface area contributed by atoms with Crippen LogP contribution in [0.3, 0.4) is 0 Å². The van der Waals surface area contributed by atoms with Gasteiger partial charge < -0.3 is 14.4 Å². The Balaban J connectivity index is 2.29. The van der Waals surface area contributed by atoms with Crippen LogP contribution >= 0.6 is 0 Å². The minimum atomic E-state index is -0.909. The first-order valence-corrected chi connectivity index (χ1v) is 5.64. The number of rotatable bonds is 4. The van der Waals surface area contributed by atoms with E-state index in [0.29, 0.717) is 17.8 Å². The van der Waals surface area contributed by atoms with E-state index in [-0.39, 0.29) is 0 Å². The second kappa shape index (κ2) is 4.96. The molecule has 0 aliphatic rings. The standard InChI is InChI=1S/C14H15NO3/c1-10-3-4-13(12(7-10)14(16)17)15(2)8-11-5-6-18-9-11/h3-7,9H,8H2,1-2H3,(H,16,17). The molecule has 4 heteroatoms. The van der Waals surface area contributed by atoms with Gasteiger partial charge in [0.25, 0.3) is 0 Å². The van der Waals surface area contributed by atoms with Crippen LogP contribution in [0.1, 0.15) is 21.5 Å². The summed E-state index contributed by atoms with van der Waals surface area (Å²) in [5, 5.41) is 9.22. The molecule has 1 heterocycles. The van der Waals surface area contributed by atoms with Gasteiger partial charge in [-0.2, -0.15) is 0 Å². The zero-order valence-corrected chi connectivity index (χ0v) is 10.4. The number of carboxylic acid groups (broad SMARTS) is 1. The van der Waals surface area contributed by atoms with Gasteiger partial charge in [-0.15, -0.1) is 0 Å². The van der Waals surface area contributed by atoms with E-state index >= 15 is 0 Å². The number of hydrogen-bond acceptors (Lipinski definition) is 3. The van der Waals surface area contributed by atoms with Crippen LogP contribution < -0.4 is 4.90 Å². The second-order valence-corrected chi connectivity index (χ2v) is 4.31. The smallest absolute Gasteiger partial charge is 0.337 e. The summed E-state index contributed by atoms with van der Waals surface area (Å²) in [6, 6.07) is 7.29. The van der Waals surface area contributed by atoms with Crippen molar-refractivity contribution >= 4 is 11.7 Å². The molecule has 0 aliphatic heterocycles. The fraction of sp³-hybridized carbons (Fsp3) is 0.214. The molecule has 0 fully saturated rings. The predicted molar refractivity (Wildman–Crippen MR) is 69.0 cm³/mol. The molecule has 2 aromatic rings. The van der Waals surface area contributed by atoms with Crippen LogP contribution in [-0.2, 0) is 6.54 Å². The maximum absolute atomic E-state index is 11.2. The van der Waals surface area contributed by atoms with Crippen molar-refractivity contribution in [1.29, 1.82) is 0 Å². The van der Waals surface area contributed by atoms with Crippen LogP contribution in [0.25, 0.3) is 0 Å². The van der Waals surface area contributed by atoms with Crippen molar-refractivity contribution in [1.82, 2.24) is 0 Å². The highest BCUT2D eigenvalue weighted by molar-refractivity contribution is 5.94. The van der Waals surface area contributed by atoms with Crippen molar-refractivity contribution in [3.8, 4) is 0 Å². The summed E-state index contributed by atoms with van der Waals surface area (Å²) < 4.78 is 5.01. The van der Waals surface area contributed by atoms with Crippen LogP contribution in [0.15, 0.2) is 41.2 Å². The molecule has 4 nitrogen and oxygen atoms in total. The fourth-order valence-corrected chi connectivity index (χ4v) is 1.90. The molecule has 94 valence electrons. The van der Waals surface area contributed by atoms with Gasteiger partial charge in [-0.25, -0.2) is 4.79 Å². The van der Waals surface area contributed by atoms with Crippen molar-refractivity contribution in [2.24, 2.45) is 0 Å². The minimum absolute atomic E-state index is 0.320. The zero-order chi connectivity index (χ0) is 13.1. The lowest BCUT2D eigenvalue weighted by Crippen LogP contribution is -2.19. The summed E-state index contributed by atoms with van der Waals surface area (Å²) in [5.41, 5.74) is 2.97. The van der Waals surface area contributed by atoms with E-state index in [4.69, 9.17) is 4.42 Å². The van der Waals surface area contributed by atoms with Crippen LogP contribution in [0.4, 0.5) is 5.69 Å². The molecule has 0 saturated carbocycles. The van der Waals surface area contributed by atoms with Crippen LogP contribution in [0, 0.1) is 6.92 Å². The van der Waals surface area contributed by atoms with E-state index in [0.717, 1.165) is 11.1 Å². The Labute approximate surface area is 105 Å². The molecule has 0 bridgehead atoms. The van der Waals surface area contributed by atoms with E-state index in [9.17, 15) is 9.90 Å². The average Bonchev–Trinajstić information content (AvgIpc) is 2.81. The third-order valence-electron chi connectivity index (χ3n) is 2.79. The van der Waals surface area contributed by atoms with Crippen molar-refractivity contribution < 1.29 is 14.3 Å². The Morgan fingerprint density at radius 1 is 1.39 bits per heavy atom. The molecule has 0 spiro atoms. The Morgan fingerprint density at radius 2 is 2.17 bits per heavy atom. The van der Waals surface area contributed by atoms with Crippen molar-refractivity contribution in [3.63, 3.8) is 0 Å². The third-order valence-corrected chi connectivity index (χ3v) is 2.79. The van der Waals surface area contributed by atoms with Gasteiger partial charge in [0.1, 0.15) is 0 Å². The van der Waals surface area contributed by atoms with E-state index in [2.05, 4.69) is 0 Å². The highest BCUT2D eigenvalue weighted by Crippen LogP contribution is 2.22. The lowest BCUT2D eigenvalue weighted by atomic mass is 10.1. The number of anilines is 1. The van der Waals surface area contributed by atoms with E-state index in [1.165, 1.54) is 0 Å². The number of carbonyl (C=O) groups is 1. The first kappa shape index (κ1) is 12.2. The Bertz CT molecular complexity index is 546. The number of benzene rings is 1.